The molecule has 0 radical (unpaired) electrons. The smallest absolute Gasteiger partial charge is 0.249 e. The van der Waals surface area contributed by atoms with E-state index in [1.54, 1.807) is 18.2 Å². The van der Waals surface area contributed by atoms with E-state index < -0.39 is 11.9 Å². The molecule has 1 atom stereocenters. The van der Waals surface area contributed by atoms with Gasteiger partial charge in [-0.25, -0.2) is 0 Å². The maximum atomic E-state index is 11.8. The lowest BCUT2D eigenvalue weighted by Gasteiger charge is -2.14. The lowest BCUT2D eigenvalue weighted by atomic mass is 10.1. The van der Waals surface area contributed by atoms with Crippen LogP contribution in [0.15, 0.2) is 22.7 Å². The fourth-order valence-corrected chi connectivity index (χ4v) is 2.40. The van der Waals surface area contributed by atoms with Crippen LogP contribution in [0.1, 0.15) is 11.6 Å². The number of nitrogens with zero attached hydrogens (tertiary/aromatic N) is 1. The standard InChI is InChI=1S/C10H10BrN3O2/c11-5-2-1-3-6-8(5)9(13)10(16)14(6)4-7(12)15/h1-3,9H,4,13H2,(H2,12,15). The molecule has 0 saturated heterocycles. The van der Waals surface area contributed by atoms with Crippen LogP contribution >= 0.6 is 15.9 Å². The third-order valence-corrected chi connectivity index (χ3v) is 3.17. The second-order valence-electron chi connectivity index (χ2n) is 3.54. The van der Waals surface area contributed by atoms with Crippen LogP contribution in [-0.4, -0.2) is 18.4 Å². The summed E-state index contributed by atoms with van der Waals surface area (Å²) in [5.41, 5.74) is 12.2. The summed E-state index contributed by atoms with van der Waals surface area (Å²) in [5, 5.41) is 0. The zero-order valence-corrected chi connectivity index (χ0v) is 9.90. The molecule has 1 aromatic rings. The highest BCUT2D eigenvalue weighted by molar-refractivity contribution is 9.10. The van der Waals surface area contributed by atoms with Crippen molar-refractivity contribution in [1.29, 1.82) is 0 Å². The normalized spacial score (nSPS) is 18.8. The van der Waals surface area contributed by atoms with E-state index in [1.807, 2.05) is 0 Å². The van der Waals surface area contributed by atoms with Gasteiger partial charge in [-0.05, 0) is 12.1 Å². The molecule has 1 heterocycles. The number of fused-ring (bicyclic) bond motifs is 1. The molecule has 1 aromatic carbocycles. The van der Waals surface area contributed by atoms with Crippen LogP contribution < -0.4 is 16.4 Å². The summed E-state index contributed by atoms with van der Waals surface area (Å²) < 4.78 is 0.762. The van der Waals surface area contributed by atoms with Crippen molar-refractivity contribution in [3.05, 3.63) is 28.2 Å². The minimum Gasteiger partial charge on any atom is -0.368 e. The molecular weight excluding hydrogens is 274 g/mol. The number of halogens is 1. The first-order chi connectivity index (χ1) is 7.52. The zero-order chi connectivity index (χ0) is 11.9. The Morgan fingerprint density at radius 3 is 2.81 bits per heavy atom. The molecule has 1 aliphatic heterocycles. The van der Waals surface area contributed by atoms with Crippen molar-refractivity contribution in [2.75, 3.05) is 11.4 Å². The maximum Gasteiger partial charge on any atom is 0.249 e. The number of nitrogens with two attached hydrogens (primary N) is 2. The fourth-order valence-electron chi connectivity index (χ4n) is 1.80. The van der Waals surface area contributed by atoms with Gasteiger partial charge in [-0.1, -0.05) is 22.0 Å². The van der Waals surface area contributed by atoms with Gasteiger partial charge in [0.25, 0.3) is 0 Å². The average Bonchev–Trinajstić information content (AvgIpc) is 2.44. The molecule has 0 fully saturated rings. The minimum atomic E-state index is -0.732. The third kappa shape index (κ3) is 1.60. The molecule has 1 unspecified atom stereocenters. The molecule has 2 rings (SSSR count). The molecule has 0 aliphatic carbocycles. The van der Waals surface area contributed by atoms with E-state index in [2.05, 4.69) is 15.9 Å². The molecule has 0 aromatic heterocycles. The van der Waals surface area contributed by atoms with Gasteiger partial charge < -0.3 is 16.4 Å². The molecule has 2 amide bonds. The quantitative estimate of drug-likeness (QED) is 0.817. The Labute approximate surface area is 101 Å². The molecule has 4 N–H and O–H groups in total. The van der Waals surface area contributed by atoms with Gasteiger partial charge in [-0.2, -0.15) is 0 Å². The summed E-state index contributed by atoms with van der Waals surface area (Å²) in [6.07, 6.45) is 0. The molecule has 6 heteroatoms. The van der Waals surface area contributed by atoms with Crippen LogP contribution in [0.5, 0.6) is 0 Å². The monoisotopic (exact) mass is 283 g/mol. The van der Waals surface area contributed by atoms with Gasteiger partial charge in [0.1, 0.15) is 12.6 Å². The first kappa shape index (κ1) is 11.1. The first-order valence-electron chi connectivity index (χ1n) is 4.66. The number of carbonyl (C=O) groups is 2. The summed E-state index contributed by atoms with van der Waals surface area (Å²) in [4.78, 5) is 24.0. The maximum absolute atomic E-state index is 11.8. The SMILES string of the molecule is NC(=O)CN1C(=O)C(N)c2c(Br)cccc21. The van der Waals surface area contributed by atoms with Crippen LogP contribution in [0.2, 0.25) is 0 Å². The number of rotatable bonds is 2. The van der Waals surface area contributed by atoms with Crippen molar-refractivity contribution < 1.29 is 9.59 Å². The van der Waals surface area contributed by atoms with E-state index >= 15 is 0 Å². The summed E-state index contributed by atoms with van der Waals surface area (Å²) in [7, 11) is 0. The largest absolute Gasteiger partial charge is 0.368 e. The topological polar surface area (TPSA) is 89.4 Å². The van der Waals surface area contributed by atoms with Crippen molar-refractivity contribution in [1.82, 2.24) is 0 Å². The number of benzene rings is 1. The Morgan fingerprint density at radius 2 is 2.19 bits per heavy atom. The summed E-state index contributed by atoms with van der Waals surface area (Å²) in [6.45, 7) is -0.143. The molecule has 0 saturated carbocycles. The van der Waals surface area contributed by atoms with Crippen LogP contribution in [-0.2, 0) is 9.59 Å². The van der Waals surface area contributed by atoms with E-state index in [9.17, 15) is 9.59 Å². The summed E-state index contributed by atoms with van der Waals surface area (Å²) in [6, 6.07) is 4.60. The Kier molecular flexibility index (Phi) is 2.69. The molecular formula is C10H10BrN3O2. The Bertz CT molecular complexity index is 475. The second kappa shape index (κ2) is 3.88. The van der Waals surface area contributed by atoms with Gasteiger partial charge in [0.05, 0.1) is 5.69 Å². The Morgan fingerprint density at radius 1 is 1.50 bits per heavy atom. The van der Waals surface area contributed by atoms with Crippen molar-refractivity contribution in [2.24, 2.45) is 11.5 Å². The lowest BCUT2D eigenvalue weighted by Crippen LogP contribution is -2.38. The molecule has 1 aliphatic rings. The number of hydrogen-bond acceptors (Lipinski definition) is 3. The zero-order valence-electron chi connectivity index (χ0n) is 8.31. The van der Waals surface area contributed by atoms with E-state index in [1.165, 1.54) is 4.90 Å². The van der Waals surface area contributed by atoms with Crippen LogP contribution in [0.4, 0.5) is 5.69 Å². The number of primary amides is 1. The minimum absolute atomic E-state index is 0.143. The lowest BCUT2D eigenvalue weighted by molar-refractivity contribution is -0.122. The average molecular weight is 284 g/mol. The molecule has 0 spiro atoms. The van der Waals surface area contributed by atoms with E-state index in [-0.39, 0.29) is 12.5 Å². The van der Waals surface area contributed by atoms with E-state index in [4.69, 9.17) is 11.5 Å². The van der Waals surface area contributed by atoms with Gasteiger partial charge in [0.15, 0.2) is 0 Å². The Balaban J connectivity index is 2.50. The predicted molar refractivity (Wildman–Crippen MR) is 62.6 cm³/mol. The first-order valence-corrected chi connectivity index (χ1v) is 5.45. The molecule has 5 nitrogen and oxygen atoms in total. The number of hydrogen-bond donors (Lipinski definition) is 2. The summed E-state index contributed by atoms with van der Waals surface area (Å²) in [5.74, 6) is -0.867. The van der Waals surface area contributed by atoms with Gasteiger partial charge >= 0.3 is 0 Å². The summed E-state index contributed by atoms with van der Waals surface area (Å²) >= 11 is 3.33. The van der Waals surface area contributed by atoms with Crippen molar-refractivity contribution in [3.63, 3.8) is 0 Å². The number of anilines is 1. The number of amides is 2. The van der Waals surface area contributed by atoms with Gasteiger partial charge in [0.2, 0.25) is 11.8 Å². The van der Waals surface area contributed by atoms with E-state index in [0.29, 0.717) is 11.3 Å². The third-order valence-electron chi connectivity index (χ3n) is 2.48. The highest BCUT2D eigenvalue weighted by atomic mass is 79.9. The van der Waals surface area contributed by atoms with Gasteiger partial charge in [-0.3, -0.25) is 9.59 Å². The van der Waals surface area contributed by atoms with Crippen LogP contribution in [0.25, 0.3) is 0 Å². The Hall–Kier alpha value is -1.40. The molecule has 0 bridgehead atoms. The fraction of sp³-hybridized carbons (Fsp3) is 0.200. The van der Waals surface area contributed by atoms with Crippen molar-refractivity contribution >= 4 is 33.4 Å². The number of carbonyl (C=O) groups excluding carboxylic acids is 2. The van der Waals surface area contributed by atoms with Gasteiger partial charge in [0, 0.05) is 10.0 Å². The van der Waals surface area contributed by atoms with E-state index in [0.717, 1.165) is 4.47 Å². The highest BCUT2D eigenvalue weighted by Crippen LogP contribution is 2.38. The molecule has 16 heavy (non-hydrogen) atoms. The van der Waals surface area contributed by atoms with Gasteiger partial charge in [-0.15, -0.1) is 0 Å². The highest BCUT2D eigenvalue weighted by Gasteiger charge is 2.36. The second-order valence-corrected chi connectivity index (χ2v) is 4.40. The molecule has 84 valence electrons. The van der Waals surface area contributed by atoms with Crippen LogP contribution in [0, 0.1) is 0 Å². The van der Waals surface area contributed by atoms with Crippen molar-refractivity contribution in [2.45, 2.75) is 6.04 Å². The van der Waals surface area contributed by atoms with Crippen molar-refractivity contribution in [3.8, 4) is 0 Å². The van der Waals surface area contributed by atoms with Crippen LogP contribution in [0.3, 0.4) is 0 Å². The predicted octanol–water partition coefficient (Wildman–Crippen LogP) is 0.281.